The Morgan fingerprint density at radius 1 is 0.938 bits per heavy atom. The van der Waals surface area contributed by atoms with Gasteiger partial charge in [0.05, 0.1) is 30.2 Å². The first-order chi connectivity index (χ1) is 22.8. The number of aliphatic hydroxyl groups excluding tert-OH is 1. The normalized spacial score (nSPS) is 14.1. The Morgan fingerprint density at radius 2 is 1.65 bits per heavy atom. The highest BCUT2D eigenvalue weighted by molar-refractivity contribution is 6.35. The number of likely N-dealkylation sites (N-methyl/N-ethyl adjacent to an activating group) is 1. The van der Waals surface area contributed by atoms with E-state index in [0.717, 1.165) is 42.0 Å². The number of amides is 1. The number of carbonyl (C=O) groups excluding carboxylic acids is 2. The first-order valence-electron chi connectivity index (χ1n) is 17.3. The van der Waals surface area contributed by atoms with Gasteiger partial charge in [-0.2, -0.15) is 0 Å². The van der Waals surface area contributed by atoms with E-state index >= 15 is 0 Å². The van der Waals surface area contributed by atoms with Gasteiger partial charge in [0.2, 0.25) is 0 Å². The Labute approximate surface area is 287 Å². The molecule has 4 rings (SSSR count). The predicted octanol–water partition coefficient (Wildman–Crippen LogP) is 8.02. The van der Waals surface area contributed by atoms with Crippen LogP contribution in [-0.2, 0) is 15.6 Å². The minimum absolute atomic E-state index is 0.0106. The van der Waals surface area contributed by atoms with E-state index in [1.54, 1.807) is 18.2 Å². The van der Waals surface area contributed by atoms with Crippen molar-refractivity contribution in [3.63, 3.8) is 0 Å². The van der Waals surface area contributed by atoms with Gasteiger partial charge >= 0.3 is 0 Å². The smallest absolute Gasteiger partial charge is 0.255 e. The zero-order valence-corrected chi connectivity index (χ0v) is 30.1. The molecule has 0 saturated heterocycles. The molecule has 0 heterocycles. The SMILES string of the molecule is CCC(C)(C)c1ccc(OCCCCNC(=O)C2=CC(=Nc3ccc(N(C)CCO)cc3C)c3ccccc3C2=O)c(C(C)(C)CC)c1. The van der Waals surface area contributed by atoms with Crippen molar-refractivity contribution >= 4 is 28.8 Å². The van der Waals surface area contributed by atoms with Gasteiger partial charge in [0.25, 0.3) is 5.91 Å². The number of anilines is 1. The molecule has 0 saturated carbocycles. The first-order valence-corrected chi connectivity index (χ1v) is 17.3. The molecule has 0 aliphatic heterocycles. The van der Waals surface area contributed by atoms with Gasteiger partial charge in [-0.3, -0.25) is 9.59 Å². The third-order valence-electron chi connectivity index (χ3n) is 9.89. The van der Waals surface area contributed by atoms with Crippen LogP contribution in [0.25, 0.3) is 0 Å². The molecule has 3 aromatic rings. The Hall–Kier alpha value is -4.23. The molecule has 0 unspecified atom stereocenters. The van der Waals surface area contributed by atoms with E-state index in [1.807, 2.05) is 49.2 Å². The number of fused-ring (bicyclic) bond motifs is 1. The Kier molecular flexibility index (Phi) is 12.0. The average molecular weight is 652 g/mol. The van der Waals surface area contributed by atoms with Gasteiger partial charge in [0, 0.05) is 42.5 Å². The van der Waals surface area contributed by atoms with Gasteiger partial charge in [-0.1, -0.05) is 77.9 Å². The Bertz CT molecular complexity index is 1680. The van der Waals surface area contributed by atoms with Crippen LogP contribution < -0.4 is 15.0 Å². The molecule has 7 heteroatoms. The van der Waals surface area contributed by atoms with E-state index < -0.39 is 5.91 Å². The summed E-state index contributed by atoms with van der Waals surface area (Å²) in [5.41, 5.74) is 7.15. The maximum Gasteiger partial charge on any atom is 0.255 e. The fourth-order valence-corrected chi connectivity index (χ4v) is 5.71. The van der Waals surface area contributed by atoms with Crippen LogP contribution in [0.5, 0.6) is 5.75 Å². The number of nitrogens with zero attached hydrogens (tertiary/aromatic N) is 2. The van der Waals surface area contributed by atoms with Crippen molar-refractivity contribution in [3.8, 4) is 5.75 Å². The molecule has 1 aliphatic rings. The highest BCUT2D eigenvalue weighted by atomic mass is 16.5. The van der Waals surface area contributed by atoms with Gasteiger partial charge in [0.1, 0.15) is 5.75 Å². The third-order valence-corrected chi connectivity index (χ3v) is 9.89. The van der Waals surface area contributed by atoms with E-state index in [-0.39, 0.29) is 28.8 Å². The number of nitrogens with one attached hydrogen (secondary N) is 1. The molecule has 0 atom stereocenters. The summed E-state index contributed by atoms with van der Waals surface area (Å²) < 4.78 is 6.31. The fourth-order valence-electron chi connectivity index (χ4n) is 5.71. The van der Waals surface area contributed by atoms with Crippen molar-refractivity contribution < 1.29 is 19.4 Å². The minimum atomic E-state index is -0.401. The largest absolute Gasteiger partial charge is 0.493 e. The summed E-state index contributed by atoms with van der Waals surface area (Å²) >= 11 is 0. The number of aryl methyl sites for hydroxylation is 1. The van der Waals surface area contributed by atoms with Gasteiger partial charge in [0.15, 0.2) is 5.78 Å². The number of allylic oxidation sites excluding steroid dienone is 1. The van der Waals surface area contributed by atoms with E-state index in [0.29, 0.717) is 43.0 Å². The summed E-state index contributed by atoms with van der Waals surface area (Å²) in [6, 6.07) is 19.8. The molecular weight excluding hydrogens is 598 g/mol. The number of aliphatic hydroxyl groups is 1. The number of hydrogen-bond donors (Lipinski definition) is 2. The van der Waals surface area contributed by atoms with Crippen molar-refractivity contribution in [1.29, 1.82) is 0 Å². The number of ketones is 1. The van der Waals surface area contributed by atoms with Crippen LogP contribution in [0.4, 0.5) is 11.4 Å². The topological polar surface area (TPSA) is 91.2 Å². The zero-order valence-electron chi connectivity index (χ0n) is 30.1. The number of ether oxygens (including phenoxy) is 1. The maximum absolute atomic E-state index is 13.4. The highest BCUT2D eigenvalue weighted by Gasteiger charge is 2.29. The summed E-state index contributed by atoms with van der Waals surface area (Å²) in [5.74, 6) is 0.220. The fraction of sp³-hybridized carbons (Fsp3) is 0.439. The van der Waals surface area contributed by atoms with Gasteiger partial charge in [-0.25, -0.2) is 4.99 Å². The van der Waals surface area contributed by atoms with Crippen molar-refractivity contribution in [3.05, 3.63) is 100 Å². The molecule has 0 bridgehead atoms. The van der Waals surface area contributed by atoms with E-state index in [1.165, 1.54) is 11.1 Å². The van der Waals surface area contributed by atoms with Crippen LogP contribution in [0.2, 0.25) is 0 Å². The van der Waals surface area contributed by atoms with Crippen molar-refractivity contribution in [2.24, 2.45) is 4.99 Å². The van der Waals surface area contributed by atoms with E-state index in [4.69, 9.17) is 9.73 Å². The van der Waals surface area contributed by atoms with Crippen LogP contribution in [0.15, 0.2) is 77.3 Å². The van der Waals surface area contributed by atoms with E-state index in [2.05, 4.69) is 65.1 Å². The molecule has 256 valence electrons. The number of rotatable bonds is 15. The second kappa shape index (κ2) is 15.8. The summed E-state index contributed by atoms with van der Waals surface area (Å²) in [5, 5.41) is 12.2. The summed E-state index contributed by atoms with van der Waals surface area (Å²) in [6.45, 7) is 17.1. The molecule has 48 heavy (non-hydrogen) atoms. The maximum atomic E-state index is 13.4. The Morgan fingerprint density at radius 3 is 2.31 bits per heavy atom. The number of Topliss-reactive ketones (excluding diaryl/α,β-unsaturated/α-hetero) is 1. The zero-order chi connectivity index (χ0) is 35.1. The molecular formula is C41H53N3O4. The standard InChI is InChI=1S/C41H53N3O4/c1-9-40(4,5)29-17-20-37(34(26-29)41(6,7)10-2)48-24-14-13-21-42-39(47)33-27-36(31-15-11-12-16-32(31)38(33)46)43-35-19-18-30(25-28(35)3)44(8)22-23-45/h11-12,15-20,25-27,45H,9-10,13-14,21-24H2,1-8H3,(H,42,47). The van der Waals surface area contributed by atoms with Crippen molar-refractivity contribution in [2.45, 2.75) is 85.0 Å². The van der Waals surface area contributed by atoms with Crippen molar-refractivity contribution in [2.75, 3.05) is 38.3 Å². The number of unbranched alkanes of at least 4 members (excludes halogenated alkanes) is 1. The molecule has 2 N–H and O–H groups in total. The summed E-state index contributed by atoms with van der Waals surface area (Å²) in [7, 11) is 1.93. The number of benzene rings is 3. The minimum Gasteiger partial charge on any atom is -0.493 e. The van der Waals surface area contributed by atoms with Crippen LogP contribution in [0.3, 0.4) is 0 Å². The van der Waals surface area contributed by atoms with Crippen LogP contribution in [-0.4, -0.2) is 55.9 Å². The number of hydrogen-bond acceptors (Lipinski definition) is 6. The van der Waals surface area contributed by atoms with Crippen molar-refractivity contribution in [1.82, 2.24) is 5.32 Å². The highest BCUT2D eigenvalue weighted by Crippen LogP contribution is 2.38. The number of aliphatic imine (C=N–C) groups is 1. The second-order valence-electron chi connectivity index (χ2n) is 14.0. The van der Waals surface area contributed by atoms with Gasteiger partial charge < -0.3 is 20.1 Å². The predicted molar refractivity (Wildman–Crippen MR) is 197 cm³/mol. The molecule has 1 aliphatic carbocycles. The first kappa shape index (κ1) is 36.6. The van der Waals surface area contributed by atoms with Gasteiger partial charge in [-0.05, 0) is 84.9 Å². The van der Waals surface area contributed by atoms with Crippen LogP contribution in [0.1, 0.15) is 99.8 Å². The van der Waals surface area contributed by atoms with Gasteiger partial charge in [-0.15, -0.1) is 0 Å². The molecule has 0 radical (unpaired) electrons. The monoisotopic (exact) mass is 651 g/mol. The molecule has 0 fully saturated rings. The summed E-state index contributed by atoms with van der Waals surface area (Å²) in [6.07, 6.45) is 5.15. The Balaban J connectivity index is 1.42. The molecule has 1 amide bonds. The lowest BCUT2D eigenvalue weighted by Gasteiger charge is -2.30. The van der Waals surface area contributed by atoms with Crippen LogP contribution >= 0.6 is 0 Å². The quantitative estimate of drug-likeness (QED) is 0.128. The molecule has 0 spiro atoms. The summed E-state index contributed by atoms with van der Waals surface area (Å²) in [4.78, 5) is 33.6. The lowest BCUT2D eigenvalue weighted by atomic mass is 9.76. The second-order valence-corrected chi connectivity index (χ2v) is 14.0. The lowest BCUT2D eigenvalue weighted by molar-refractivity contribution is -0.117. The molecule has 0 aromatic heterocycles. The molecule has 3 aromatic carbocycles. The van der Waals surface area contributed by atoms with E-state index in [9.17, 15) is 14.7 Å². The van der Waals surface area contributed by atoms with Crippen LogP contribution in [0, 0.1) is 6.92 Å². The molecule has 7 nitrogen and oxygen atoms in total. The number of carbonyl (C=O) groups is 2. The third kappa shape index (κ3) is 8.43. The average Bonchev–Trinajstić information content (AvgIpc) is 3.08. The lowest BCUT2D eigenvalue weighted by Crippen LogP contribution is -2.32.